The molecule has 0 bridgehead atoms. The maximum Gasteiger partial charge on any atom is 0.240 e. The Kier molecular flexibility index (Phi) is 8.35. The zero-order chi connectivity index (χ0) is 16.0. The Labute approximate surface area is 148 Å². The van der Waals surface area contributed by atoms with Gasteiger partial charge in [-0.25, -0.2) is 4.98 Å². The number of aromatic nitrogens is 3. The molecule has 8 nitrogen and oxygen atoms in total. The Hall–Kier alpha value is -1.39. The third-order valence-corrected chi connectivity index (χ3v) is 2.68. The van der Waals surface area contributed by atoms with E-state index in [0.29, 0.717) is 12.5 Å². The molecule has 126 valence electrons. The number of guanidine groups is 1. The summed E-state index contributed by atoms with van der Waals surface area (Å²) in [7, 11) is 5.32. The minimum absolute atomic E-state index is 0. The average Bonchev–Trinajstić information content (AvgIpc) is 2.73. The van der Waals surface area contributed by atoms with E-state index < -0.39 is 0 Å². The first kappa shape index (κ1) is 20.6. The van der Waals surface area contributed by atoms with Crippen LogP contribution in [0.4, 0.5) is 0 Å². The van der Waals surface area contributed by atoms with Crippen LogP contribution in [-0.4, -0.2) is 57.7 Å². The molecular weight excluding hydrogens is 397 g/mol. The Morgan fingerprint density at radius 2 is 2.09 bits per heavy atom. The number of carbonyl (C=O) groups is 1. The number of nitrogens with zero attached hydrogens (tertiary/aromatic N) is 5. The summed E-state index contributed by atoms with van der Waals surface area (Å²) in [6.45, 7) is 6.58. The van der Waals surface area contributed by atoms with E-state index in [1.54, 1.807) is 16.6 Å². The van der Waals surface area contributed by atoms with E-state index in [1.807, 2.05) is 34.9 Å². The molecule has 0 saturated heterocycles. The number of hydrogen-bond acceptors (Lipinski definition) is 4. The van der Waals surface area contributed by atoms with Gasteiger partial charge in [0.05, 0.1) is 13.1 Å². The molecule has 0 unspecified atom stereocenters. The molecule has 1 heterocycles. The molecule has 9 heteroatoms. The Bertz CT molecular complexity index is 507. The van der Waals surface area contributed by atoms with E-state index in [1.165, 1.54) is 6.33 Å². The van der Waals surface area contributed by atoms with Crippen LogP contribution in [-0.2, 0) is 18.4 Å². The van der Waals surface area contributed by atoms with E-state index in [0.717, 1.165) is 5.82 Å². The van der Waals surface area contributed by atoms with Crippen molar-refractivity contribution in [3.63, 3.8) is 0 Å². The van der Waals surface area contributed by atoms with Crippen molar-refractivity contribution in [2.24, 2.45) is 12.0 Å². The molecule has 0 aromatic carbocycles. The summed E-state index contributed by atoms with van der Waals surface area (Å²) >= 11 is 0. The van der Waals surface area contributed by atoms with Crippen LogP contribution in [0.1, 0.15) is 26.6 Å². The zero-order valence-corrected chi connectivity index (χ0v) is 16.4. The summed E-state index contributed by atoms with van der Waals surface area (Å²) in [5.74, 6) is 1.37. The number of hydrogen-bond donors (Lipinski definition) is 2. The summed E-state index contributed by atoms with van der Waals surface area (Å²) < 4.78 is 1.69. The SMILES string of the molecule is CN=C(NCc1ncnn1C)N(C)CC(=O)NC(C)(C)C.I. The maximum atomic E-state index is 11.9. The van der Waals surface area contributed by atoms with Crippen molar-refractivity contribution in [1.82, 2.24) is 30.3 Å². The second-order valence-electron chi connectivity index (χ2n) is 5.85. The number of aryl methyl sites for hydroxylation is 1. The molecule has 0 fully saturated rings. The molecule has 2 N–H and O–H groups in total. The minimum atomic E-state index is -0.243. The molecule has 1 aromatic heterocycles. The van der Waals surface area contributed by atoms with Gasteiger partial charge in [0, 0.05) is 26.7 Å². The first-order chi connectivity index (χ1) is 9.73. The van der Waals surface area contributed by atoms with Crippen LogP contribution >= 0.6 is 24.0 Å². The fourth-order valence-electron chi connectivity index (χ4n) is 1.77. The lowest BCUT2D eigenvalue weighted by molar-refractivity contribution is -0.122. The van der Waals surface area contributed by atoms with Gasteiger partial charge in [-0.15, -0.1) is 24.0 Å². The topological polar surface area (TPSA) is 87.4 Å². The number of aliphatic imine (C=N–C) groups is 1. The van der Waals surface area contributed by atoms with Gasteiger partial charge < -0.3 is 15.5 Å². The molecule has 0 spiro atoms. The summed E-state index contributed by atoms with van der Waals surface area (Å²) in [4.78, 5) is 22.0. The van der Waals surface area contributed by atoms with Crippen LogP contribution in [0, 0.1) is 0 Å². The molecule has 0 saturated carbocycles. The fraction of sp³-hybridized carbons (Fsp3) is 0.692. The highest BCUT2D eigenvalue weighted by Crippen LogP contribution is 1.98. The van der Waals surface area contributed by atoms with Crippen LogP contribution in [0.15, 0.2) is 11.3 Å². The van der Waals surface area contributed by atoms with Gasteiger partial charge >= 0.3 is 0 Å². The first-order valence-electron chi connectivity index (χ1n) is 6.78. The highest BCUT2D eigenvalue weighted by molar-refractivity contribution is 14.0. The molecule has 0 aliphatic heterocycles. The lowest BCUT2D eigenvalue weighted by Crippen LogP contribution is -2.48. The van der Waals surface area contributed by atoms with Gasteiger partial charge in [0.2, 0.25) is 5.91 Å². The summed E-state index contributed by atoms with van der Waals surface area (Å²) in [6.07, 6.45) is 1.50. The normalized spacial score (nSPS) is 11.6. The monoisotopic (exact) mass is 423 g/mol. The third kappa shape index (κ3) is 7.05. The predicted molar refractivity (Wildman–Crippen MR) is 97.1 cm³/mol. The predicted octanol–water partition coefficient (Wildman–Crippen LogP) is 0.355. The van der Waals surface area contributed by atoms with Crippen LogP contribution in [0.5, 0.6) is 0 Å². The zero-order valence-electron chi connectivity index (χ0n) is 14.0. The van der Waals surface area contributed by atoms with E-state index >= 15 is 0 Å². The quantitative estimate of drug-likeness (QED) is 0.415. The van der Waals surface area contributed by atoms with E-state index in [2.05, 4.69) is 25.7 Å². The van der Waals surface area contributed by atoms with Crippen molar-refractivity contribution in [2.75, 3.05) is 20.6 Å². The Morgan fingerprint density at radius 1 is 1.45 bits per heavy atom. The van der Waals surface area contributed by atoms with Gasteiger partial charge in [-0.05, 0) is 20.8 Å². The van der Waals surface area contributed by atoms with Gasteiger partial charge in [-0.3, -0.25) is 14.5 Å². The molecule has 1 aromatic rings. The number of rotatable bonds is 4. The molecule has 0 atom stereocenters. The molecule has 1 amide bonds. The van der Waals surface area contributed by atoms with Crippen molar-refractivity contribution in [3.8, 4) is 0 Å². The van der Waals surface area contributed by atoms with E-state index in [4.69, 9.17) is 0 Å². The second-order valence-corrected chi connectivity index (χ2v) is 5.85. The average molecular weight is 423 g/mol. The molecule has 0 aliphatic rings. The number of amides is 1. The van der Waals surface area contributed by atoms with Gasteiger partial charge in [0.25, 0.3) is 0 Å². The van der Waals surface area contributed by atoms with Crippen molar-refractivity contribution in [2.45, 2.75) is 32.9 Å². The van der Waals surface area contributed by atoms with Crippen LogP contribution in [0.3, 0.4) is 0 Å². The first-order valence-corrected chi connectivity index (χ1v) is 6.78. The third-order valence-electron chi connectivity index (χ3n) is 2.68. The van der Waals surface area contributed by atoms with E-state index in [-0.39, 0.29) is 42.0 Å². The molecule has 0 aliphatic carbocycles. The summed E-state index contributed by atoms with van der Waals surface area (Å²) in [5.41, 5.74) is -0.243. The summed E-state index contributed by atoms with van der Waals surface area (Å²) in [6, 6.07) is 0. The largest absolute Gasteiger partial charge is 0.350 e. The number of carbonyl (C=O) groups excluding carboxylic acids is 1. The lowest BCUT2D eigenvalue weighted by atomic mass is 10.1. The van der Waals surface area contributed by atoms with E-state index in [9.17, 15) is 4.79 Å². The maximum absolute atomic E-state index is 11.9. The molecule has 0 radical (unpaired) electrons. The smallest absolute Gasteiger partial charge is 0.240 e. The van der Waals surface area contributed by atoms with Crippen molar-refractivity contribution in [3.05, 3.63) is 12.2 Å². The molecule has 1 rings (SSSR count). The van der Waals surface area contributed by atoms with Crippen LogP contribution < -0.4 is 10.6 Å². The van der Waals surface area contributed by atoms with Crippen LogP contribution in [0.25, 0.3) is 0 Å². The number of halogens is 1. The lowest BCUT2D eigenvalue weighted by Gasteiger charge is -2.25. The molecule has 22 heavy (non-hydrogen) atoms. The Balaban J connectivity index is 0.00000441. The second kappa shape index (κ2) is 8.91. The number of nitrogens with one attached hydrogen (secondary N) is 2. The summed E-state index contributed by atoms with van der Waals surface area (Å²) in [5, 5.41) is 10.1. The van der Waals surface area contributed by atoms with Crippen molar-refractivity contribution >= 4 is 35.8 Å². The van der Waals surface area contributed by atoms with Gasteiger partial charge in [-0.1, -0.05) is 0 Å². The molecular formula is C13H26IN7O. The van der Waals surface area contributed by atoms with Gasteiger partial charge in [0.15, 0.2) is 5.96 Å². The van der Waals surface area contributed by atoms with Crippen LogP contribution in [0.2, 0.25) is 0 Å². The van der Waals surface area contributed by atoms with Gasteiger partial charge in [-0.2, -0.15) is 5.10 Å². The minimum Gasteiger partial charge on any atom is -0.350 e. The van der Waals surface area contributed by atoms with Gasteiger partial charge in [0.1, 0.15) is 12.2 Å². The van der Waals surface area contributed by atoms with Crippen molar-refractivity contribution in [1.29, 1.82) is 0 Å². The Morgan fingerprint density at radius 3 is 2.55 bits per heavy atom. The standard InChI is InChI=1S/C13H25N7O.HI/c1-13(2,3)18-11(21)8-19(5)12(14-4)15-7-10-16-9-17-20(10)6;/h9H,7-8H2,1-6H3,(H,14,15)(H,18,21);1H. The number of likely N-dealkylation sites (N-methyl/N-ethyl adjacent to an activating group) is 1. The highest BCUT2D eigenvalue weighted by Gasteiger charge is 2.16. The fourth-order valence-corrected chi connectivity index (χ4v) is 1.77. The van der Waals surface area contributed by atoms with Crippen molar-refractivity contribution < 1.29 is 4.79 Å². The highest BCUT2D eigenvalue weighted by atomic mass is 127.